The van der Waals surface area contributed by atoms with Crippen LogP contribution in [0.25, 0.3) is 0 Å². The second kappa shape index (κ2) is 5.58. The number of thiocarbonyl (C=S) groups is 1. The Labute approximate surface area is 74.5 Å². The summed E-state index contributed by atoms with van der Waals surface area (Å²) in [4.78, 5) is 3.77. The molecule has 0 heterocycles. The van der Waals surface area contributed by atoms with E-state index in [0.717, 1.165) is 25.1 Å². The van der Waals surface area contributed by atoms with E-state index in [4.69, 9.17) is 0 Å². The zero-order valence-corrected chi connectivity index (χ0v) is 8.75. The highest BCUT2D eigenvalue weighted by Crippen LogP contribution is 1.99. The van der Waals surface area contributed by atoms with Crippen LogP contribution in [0.1, 0.15) is 12.8 Å². The van der Waals surface area contributed by atoms with E-state index >= 15 is 0 Å². The van der Waals surface area contributed by atoms with Crippen LogP contribution in [0.4, 0.5) is 0 Å². The Bertz CT molecular complexity index is 191. The van der Waals surface area contributed by atoms with Gasteiger partial charge >= 0.3 is 0 Å². The number of rotatable bonds is 5. The molecule has 0 spiro atoms. The van der Waals surface area contributed by atoms with Gasteiger partial charge in [-0.1, -0.05) is 0 Å². The summed E-state index contributed by atoms with van der Waals surface area (Å²) in [7, 11) is -1.80. The van der Waals surface area contributed by atoms with Crippen molar-refractivity contribution in [1.82, 2.24) is 0 Å². The summed E-state index contributed by atoms with van der Waals surface area (Å²) in [5.41, 5.74) is 0. The molecular weight excluding hydrogens is 178 g/mol. The second-order valence-electron chi connectivity index (χ2n) is 2.98. The highest BCUT2D eigenvalue weighted by Gasteiger charge is 1.98. The van der Waals surface area contributed by atoms with E-state index in [1.54, 1.807) is 0 Å². The summed E-state index contributed by atoms with van der Waals surface area (Å²) in [5.74, 6) is 0.819. The lowest BCUT2D eigenvalue weighted by Crippen LogP contribution is -2.11. The molecule has 0 aliphatic heterocycles. The first kappa shape index (κ1) is 11.0. The molecule has 0 bridgehead atoms. The second-order valence-corrected chi connectivity index (χ2v) is 6.76. The van der Waals surface area contributed by atoms with Gasteiger partial charge in [0.05, 0.1) is 5.16 Å². The highest BCUT2D eigenvalue weighted by atomic mass is 32.2. The molecule has 0 rings (SSSR count). The Balaban J connectivity index is 3.29. The number of hydrogen-bond acceptors (Lipinski definition) is 3. The Morgan fingerprint density at radius 1 is 1.45 bits per heavy atom. The van der Waals surface area contributed by atoms with Gasteiger partial charge in [-0.2, -0.15) is 0 Å². The number of thiol groups is 1. The van der Waals surface area contributed by atoms with Gasteiger partial charge in [0.1, 0.15) is 0 Å². The predicted octanol–water partition coefficient (Wildman–Crippen LogP) is 1.15. The van der Waals surface area contributed by atoms with Gasteiger partial charge in [-0.15, -0.1) is 9.93 Å². The summed E-state index contributed by atoms with van der Waals surface area (Å²) >= 11 is 4.40. The zero-order chi connectivity index (χ0) is 8.74. The van der Waals surface area contributed by atoms with Crippen molar-refractivity contribution in [3.05, 3.63) is 0 Å². The van der Waals surface area contributed by atoms with Crippen LogP contribution >= 0.6 is 12.2 Å². The van der Waals surface area contributed by atoms with Crippen LogP contribution in [0.3, 0.4) is 0 Å². The number of nitrogens with zero attached hydrogens (tertiary/aromatic N) is 1. The normalized spacial score (nSPS) is 12.2. The summed E-state index contributed by atoms with van der Waals surface area (Å²) in [6, 6.07) is 0. The Morgan fingerprint density at radius 3 is 2.55 bits per heavy atom. The first-order valence-corrected chi connectivity index (χ1v) is 6.83. The van der Waals surface area contributed by atoms with Crippen molar-refractivity contribution in [2.75, 3.05) is 24.8 Å². The molecule has 0 saturated carbocycles. The Kier molecular flexibility index (Phi) is 5.56. The minimum Gasteiger partial charge on any atom is -0.285 e. The summed E-state index contributed by atoms with van der Waals surface area (Å²) in [5, 5.41) is 2.30. The standard InChI is InChI=1S/C7H15NOS2/c1-11(2,9)6-4-3-5-8-7-10/h11H,3-6H2,1-2H3. The average Bonchev–Trinajstić information content (AvgIpc) is 1.85. The fraction of sp³-hybridized carbons (Fsp3) is 0.857. The minimum atomic E-state index is -1.80. The maximum Gasteiger partial charge on any atom is 0.0584 e. The summed E-state index contributed by atoms with van der Waals surface area (Å²) < 4.78 is 11.2. The zero-order valence-electron chi connectivity index (χ0n) is 7.04. The molecule has 2 nitrogen and oxygen atoms in total. The van der Waals surface area contributed by atoms with Gasteiger partial charge in [-0.05, 0) is 37.6 Å². The molecule has 0 amide bonds. The van der Waals surface area contributed by atoms with Crippen LogP contribution in [0.2, 0.25) is 0 Å². The molecule has 0 aromatic carbocycles. The molecule has 0 aromatic heterocycles. The predicted molar refractivity (Wildman–Crippen MR) is 55.4 cm³/mol. The van der Waals surface area contributed by atoms with Crippen molar-refractivity contribution in [3.8, 4) is 0 Å². The molecule has 0 fully saturated rings. The SMILES string of the molecule is C[SH](C)(=O)CCCCN=C=S. The van der Waals surface area contributed by atoms with E-state index in [2.05, 4.69) is 22.4 Å². The van der Waals surface area contributed by atoms with Crippen molar-refractivity contribution >= 4 is 27.3 Å². The van der Waals surface area contributed by atoms with Gasteiger partial charge < -0.3 is 0 Å². The lowest BCUT2D eigenvalue weighted by molar-refractivity contribution is 0.673. The first-order valence-electron chi connectivity index (χ1n) is 3.64. The van der Waals surface area contributed by atoms with Crippen LogP contribution in [-0.4, -0.2) is 34.2 Å². The van der Waals surface area contributed by atoms with Crippen molar-refractivity contribution in [2.45, 2.75) is 12.8 Å². The minimum absolute atomic E-state index is 0.726. The number of hydrogen-bond donors (Lipinski definition) is 1. The van der Waals surface area contributed by atoms with E-state index in [1.807, 2.05) is 12.5 Å². The largest absolute Gasteiger partial charge is 0.285 e. The van der Waals surface area contributed by atoms with Crippen molar-refractivity contribution in [1.29, 1.82) is 0 Å². The van der Waals surface area contributed by atoms with Gasteiger partial charge in [0.2, 0.25) is 0 Å². The molecule has 4 heteroatoms. The third kappa shape index (κ3) is 9.95. The molecule has 0 aliphatic rings. The van der Waals surface area contributed by atoms with Gasteiger partial charge in [-0.25, -0.2) is 4.99 Å². The average molecular weight is 193 g/mol. The molecule has 0 aliphatic carbocycles. The van der Waals surface area contributed by atoms with Crippen molar-refractivity contribution in [2.24, 2.45) is 4.99 Å². The highest BCUT2D eigenvalue weighted by molar-refractivity contribution is 8.01. The summed E-state index contributed by atoms with van der Waals surface area (Å²) in [6.45, 7) is 0.726. The number of unbranched alkanes of at least 4 members (excludes halogenated alkanes) is 1. The number of isothiocyanates is 1. The topological polar surface area (TPSA) is 29.4 Å². The first-order chi connectivity index (χ1) is 5.06. The fourth-order valence-electron chi connectivity index (χ4n) is 0.729. The van der Waals surface area contributed by atoms with Crippen LogP contribution in [0.15, 0.2) is 4.99 Å². The summed E-state index contributed by atoms with van der Waals surface area (Å²) in [6.07, 6.45) is 5.57. The molecule has 0 unspecified atom stereocenters. The van der Waals surface area contributed by atoms with Crippen LogP contribution in [-0.2, 0) is 9.93 Å². The maximum absolute atomic E-state index is 11.2. The Hall–Kier alpha value is -0.0500. The van der Waals surface area contributed by atoms with Crippen molar-refractivity contribution in [3.63, 3.8) is 0 Å². The molecule has 11 heavy (non-hydrogen) atoms. The van der Waals surface area contributed by atoms with Gasteiger partial charge in [0, 0.05) is 12.3 Å². The van der Waals surface area contributed by atoms with E-state index < -0.39 is 9.93 Å². The lowest BCUT2D eigenvalue weighted by atomic mass is 10.3. The van der Waals surface area contributed by atoms with Crippen molar-refractivity contribution < 1.29 is 4.21 Å². The lowest BCUT2D eigenvalue weighted by Gasteiger charge is -2.09. The quantitative estimate of drug-likeness (QED) is 0.307. The molecular formula is C7H15NOS2. The van der Waals surface area contributed by atoms with E-state index in [9.17, 15) is 4.21 Å². The van der Waals surface area contributed by atoms with Crippen LogP contribution in [0.5, 0.6) is 0 Å². The monoisotopic (exact) mass is 193 g/mol. The smallest absolute Gasteiger partial charge is 0.0584 e. The van der Waals surface area contributed by atoms with E-state index in [0.29, 0.717) is 0 Å². The molecule has 0 N–H and O–H groups in total. The molecule has 66 valence electrons. The van der Waals surface area contributed by atoms with Gasteiger partial charge in [-0.3, -0.25) is 4.21 Å². The van der Waals surface area contributed by atoms with Gasteiger partial charge in [0.25, 0.3) is 0 Å². The molecule has 0 atom stereocenters. The van der Waals surface area contributed by atoms with Crippen LogP contribution in [0, 0.1) is 0 Å². The van der Waals surface area contributed by atoms with E-state index in [1.165, 1.54) is 0 Å². The maximum atomic E-state index is 11.2. The molecule has 0 aromatic rings. The van der Waals surface area contributed by atoms with Crippen LogP contribution < -0.4 is 0 Å². The van der Waals surface area contributed by atoms with E-state index in [-0.39, 0.29) is 0 Å². The Morgan fingerprint density at radius 2 is 2.09 bits per heavy atom. The fourth-order valence-corrected chi connectivity index (χ4v) is 1.81. The third-order valence-corrected chi connectivity index (χ3v) is 2.80. The van der Waals surface area contributed by atoms with Gasteiger partial charge in [0.15, 0.2) is 0 Å². The molecule has 0 radical (unpaired) electrons. The third-order valence-electron chi connectivity index (χ3n) is 1.28. The number of aliphatic imine (C=N–C) groups is 1. The molecule has 0 saturated heterocycles.